The molecule has 542 valence electrons. The number of fused-ring (bicyclic) bond motifs is 12. The largest absolute Gasteiger partial charge is 0.296 e. The fourth-order valence-electron chi connectivity index (χ4n) is 16.1. The summed E-state index contributed by atoms with van der Waals surface area (Å²) in [4.78, 5) is 83.9. The number of nitrogens with one attached hydrogen (secondary N) is 4. The van der Waals surface area contributed by atoms with E-state index >= 15 is 0 Å². The second-order valence-electron chi connectivity index (χ2n) is 28.3. The number of thiophene rings is 9. The van der Waals surface area contributed by atoms with E-state index in [1.54, 1.807) is 34.0 Å². The molecule has 4 atom stereocenters. The third kappa shape index (κ3) is 11.5. The summed E-state index contributed by atoms with van der Waals surface area (Å²) in [6.07, 6.45) is 11.9. The van der Waals surface area contributed by atoms with E-state index in [2.05, 4.69) is 190 Å². The first kappa shape index (κ1) is 68.0. The average molecular weight is 1610 g/mol. The minimum atomic E-state index is 0.193. The van der Waals surface area contributed by atoms with Crippen molar-refractivity contribution >= 4 is 149 Å². The normalized spacial score (nSPS) is 18.3. The molecule has 23 rings (SSSR count). The van der Waals surface area contributed by atoms with E-state index in [0.29, 0.717) is 32.7 Å². The number of benzene rings is 2. The summed E-state index contributed by atoms with van der Waals surface area (Å²) in [5, 5.41) is 25.9. The molecule has 15 aromatic rings. The van der Waals surface area contributed by atoms with E-state index in [-0.39, 0.29) is 18.1 Å². The van der Waals surface area contributed by atoms with E-state index in [0.717, 1.165) is 144 Å². The van der Waals surface area contributed by atoms with Crippen LogP contribution in [0.3, 0.4) is 0 Å². The summed E-state index contributed by atoms with van der Waals surface area (Å²) < 4.78 is 4.06. The predicted molar refractivity (Wildman–Crippen MR) is 458 cm³/mol. The highest BCUT2D eigenvalue weighted by molar-refractivity contribution is 7.33. The quantitative estimate of drug-likeness (QED) is 0.0918. The smallest absolute Gasteiger partial charge is 0.131 e. The molecule has 0 spiro atoms. The molecular formula is C84H62N18S9. The molecule has 0 aliphatic carbocycles. The Morgan fingerprint density at radius 2 is 0.613 bits per heavy atom. The molecular weight excluding hydrogens is 1550 g/mol. The van der Waals surface area contributed by atoms with Crippen LogP contribution in [0.4, 0.5) is 0 Å². The van der Waals surface area contributed by atoms with Gasteiger partial charge in [0.1, 0.15) is 48.1 Å². The van der Waals surface area contributed by atoms with Gasteiger partial charge in [0.05, 0.1) is 79.0 Å². The van der Waals surface area contributed by atoms with Crippen LogP contribution >= 0.6 is 102 Å². The Hall–Kier alpha value is -9.82. The van der Waals surface area contributed by atoms with E-state index < -0.39 is 0 Å². The van der Waals surface area contributed by atoms with Crippen LogP contribution in [0.2, 0.25) is 0 Å². The second kappa shape index (κ2) is 27.0. The fraction of sp³-hybridized carbons (Fsp3) is 0.190. The van der Waals surface area contributed by atoms with E-state index in [9.17, 15) is 0 Å². The minimum Gasteiger partial charge on any atom is -0.296 e. The van der Waals surface area contributed by atoms with Crippen LogP contribution < -0.4 is 64.1 Å². The summed E-state index contributed by atoms with van der Waals surface area (Å²) in [5.41, 5.74) is 16.1. The Kier molecular flexibility index (Phi) is 16.5. The van der Waals surface area contributed by atoms with E-state index in [1.807, 2.05) is 127 Å². The van der Waals surface area contributed by atoms with Crippen molar-refractivity contribution in [1.29, 1.82) is 0 Å². The summed E-state index contributed by atoms with van der Waals surface area (Å²) in [6, 6.07) is 42.0. The second-order valence-corrected chi connectivity index (χ2v) is 38.0. The van der Waals surface area contributed by atoms with Crippen molar-refractivity contribution in [3.05, 3.63) is 227 Å². The van der Waals surface area contributed by atoms with Crippen LogP contribution in [0.1, 0.15) is 46.4 Å². The lowest BCUT2D eigenvalue weighted by atomic mass is 9.95. The van der Waals surface area contributed by atoms with Crippen LogP contribution in [0.25, 0.3) is 138 Å². The predicted octanol–water partition coefficient (Wildman–Crippen LogP) is 15.0. The zero-order valence-corrected chi connectivity index (χ0v) is 67.7. The zero-order chi connectivity index (χ0) is 74.0. The van der Waals surface area contributed by atoms with Gasteiger partial charge in [-0.3, -0.25) is 91.1 Å². The molecule has 27 heteroatoms. The standard InChI is InChI=1S/C45H35N9S6.C39H27N9S3/c1-19-13-48-41(42-36(19)49-16-54-42)32-9-8-31(57-32)35-12-24-44-22(10-33(59-44)29-6-4-27(55-29)25-14-46-20(2)37-39(25)52-17-50-37)43-23(45(24)60-35)11-34(58-43)30-7-5-28(56-30)26-15-47-21(3)38-40(26)53-18-51-38;1-19-34-37(46-16-43-34)25(13-40-19)31-7-4-28(49-31)22-10-23(29-5-8-32(50-29)26-14-41-20(2)35-38(26)47-17-44-35)12-24(11-22)30-6-9-33(51-30)27-15-42-21(3)36-39(27)48-18-45-36/h4-15,36-37,39,42,49-50,52,54H,16-18H2,1-3H3;4-15H,16-18H2,1-3H3. The molecule has 4 unspecified atom stereocenters. The molecule has 0 saturated carbocycles. The number of nitrogens with zero attached hydrogens (tertiary/aromatic N) is 14. The monoisotopic (exact) mass is 1610 g/mol. The highest BCUT2D eigenvalue weighted by Gasteiger charge is 2.37. The molecule has 2 fully saturated rings. The Morgan fingerprint density at radius 3 is 1.04 bits per heavy atom. The van der Waals surface area contributed by atoms with Gasteiger partial charge >= 0.3 is 0 Å². The fourth-order valence-corrected chi connectivity index (χ4v) is 26.2. The number of hydrogen-bond acceptors (Lipinski definition) is 27. The van der Waals surface area contributed by atoms with Gasteiger partial charge in [-0.25, -0.2) is 0 Å². The van der Waals surface area contributed by atoms with Gasteiger partial charge in [-0.15, -0.1) is 102 Å². The Labute approximate surface area is 670 Å². The van der Waals surface area contributed by atoms with Crippen LogP contribution in [0, 0.1) is 27.7 Å². The third-order valence-electron chi connectivity index (χ3n) is 21.7. The van der Waals surface area contributed by atoms with Gasteiger partial charge in [-0.05, 0) is 173 Å². The van der Waals surface area contributed by atoms with Gasteiger partial charge < -0.3 is 0 Å². The highest BCUT2D eigenvalue weighted by Crippen LogP contribution is 2.53. The van der Waals surface area contributed by atoms with Crippen molar-refractivity contribution in [1.82, 2.24) is 41.2 Å². The van der Waals surface area contributed by atoms with Crippen molar-refractivity contribution in [2.75, 3.05) is 40.0 Å². The number of aromatic nitrogens is 4. The van der Waals surface area contributed by atoms with Gasteiger partial charge in [0.2, 0.25) is 0 Å². The molecule has 111 heavy (non-hydrogen) atoms. The van der Waals surface area contributed by atoms with E-state index in [4.69, 9.17) is 30.0 Å². The minimum absolute atomic E-state index is 0.193. The summed E-state index contributed by atoms with van der Waals surface area (Å²) in [5.74, 6) is 0. The van der Waals surface area contributed by atoms with Crippen molar-refractivity contribution in [2.45, 2.75) is 65.7 Å². The molecule has 4 N–H and O–H groups in total. The summed E-state index contributed by atoms with van der Waals surface area (Å²) in [7, 11) is 0. The Balaban J connectivity index is 0.000000138. The van der Waals surface area contributed by atoms with Crippen molar-refractivity contribution in [2.24, 2.45) is 49.9 Å². The Bertz CT molecular complexity index is 6770. The first-order valence-corrected chi connectivity index (χ1v) is 43.8. The maximum absolute atomic E-state index is 4.95. The average Bonchev–Trinajstić information content (AvgIpc) is 1.56. The molecule has 21 heterocycles. The van der Waals surface area contributed by atoms with Gasteiger partial charge in [-0.2, -0.15) is 0 Å². The maximum atomic E-state index is 4.95. The number of pyridine rings is 4. The molecule has 18 nitrogen and oxygen atoms in total. The first-order chi connectivity index (χ1) is 54.4. The van der Waals surface area contributed by atoms with Gasteiger partial charge in [-0.1, -0.05) is 0 Å². The van der Waals surface area contributed by atoms with Crippen LogP contribution in [0.5, 0.6) is 0 Å². The van der Waals surface area contributed by atoms with Gasteiger partial charge in [0.25, 0.3) is 0 Å². The zero-order valence-electron chi connectivity index (χ0n) is 60.3. The molecule has 2 saturated heterocycles. The maximum Gasteiger partial charge on any atom is 0.131 e. The lowest BCUT2D eigenvalue weighted by Crippen LogP contribution is -2.43. The first-order valence-electron chi connectivity index (χ1n) is 36.4. The topological polar surface area (TPSA) is 223 Å². The molecule has 0 radical (unpaired) electrons. The van der Waals surface area contributed by atoms with Crippen molar-refractivity contribution < 1.29 is 0 Å². The van der Waals surface area contributed by atoms with Crippen LogP contribution in [-0.2, 0) is 0 Å². The number of rotatable bonds is 12. The van der Waals surface area contributed by atoms with Crippen molar-refractivity contribution in [3.8, 4) is 102 Å². The van der Waals surface area contributed by atoms with Crippen LogP contribution in [0.15, 0.2) is 202 Å². The van der Waals surface area contributed by atoms with Gasteiger partial charge in [0, 0.05) is 183 Å². The lowest BCUT2D eigenvalue weighted by molar-refractivity contribution is 0.663. The van der Waals surface area contributed by atoms with Crippen molar-refractivity contribution in [3.63, 3.8) is 0 Å². The number of aryl methyl sites for hydroxylation is 4. The van der Waals surface area contributed by atoms with Crippen LogP contribution in [-0.4, -0.2) is 95.5 Å². The summed E-state index contributed by atoms with van der Waals surface area (Å²) >= 11 is 16.6. The van der Waals surface area contributed by atoms with Gasteiger partial charge in [0.15, 0.2) is 0 Å². The summed E-state index contributed by atoms with van der Waals surface area (Å²) in [6.45, 7) is 15.7. The molecule has 8 aliphatic rings. The molecule has 13 aromatic heterocycles. The third-order valence-corrected chi connectivity index (χ3v) is 32.6. The molecule has 8 aliphatic heterocycles. The molecule has 0 amide bonds. The number of aliphatic imine (C=N–C) groups is 2. The number of hydrogen-bond donors (Lipinski definition) is 4. The SMILES string of the molecule is CC1=CN=C(c2ccc(-c3cc4c5sc(-c6ccc(C7=CN=C(C)C8NCNC78)s6)cc5c5sc(-c6ccc(-c7cnc(C)c8c7=NCN=8)s6)cc5c4s3)s2)C2NCNC12.Cc1ncc(-c2ccc(-c3cc(-c4ccc(-c5cnc(C)c6c5=NCN=6)s4)cc(-c4ccc(-c5cnc(C)c6c5=NCN=6)s4)c3)s2)c2c1=NCN=2. The molecule has 2 aromatic carbocycles. The molecule has 0 bridgehead atoms. The van der Waals surface area contributed by atoms with E-state index in [1.165, 1.54) is 99.9 Å². The Morgan fingerprint density at radius 1 is 0.288 bits per heavy atom. The highest BCUT2D eigenvalue weighted by atomic mass is 32.1. The lowest BCUT2D eigenvalue weighted by Gasteiger charge is -2.24.